The second-order valence-electron chi connectivity index (χ2n) is 3.76. The molecule has 0 fully saturated rings. The van der Waals surface area contributed by atoms with Gasteiger partial charge in [-0.1, -0.05) is 24.3 Å². The normalized spacial score (nSPS) is 12.4. The number of carbonyl (C=O) groups is 1. The van der Waals surface area contributed by atoms with Crippen LogP contribution in [-0.4, -0.2) is 16.0 Å². The number of phenolic OH excluding ortho intramolecular Hbond substituents is 2. The molecule has 0 radical (unpaired) electrons. The van der Waals surface area contributed by atoms with Crippen molar-refractivity contribution in [1.82, 2.24) is 0 Å². The molecule has 0 aliphatic heterocycles. The molecule has 0 heterocycles. The Hall–Kier alpha value is -2.29. The number of benzene rings is 2. The zero-order valence-electron chi connectivity index (χ0n) is 8.27. The summed E-state index contributed by atoms with van der Waals surface area (Å²) in [7, 11) is 0. The van der Waals surface area contributed by atoms with Crippen LogP contribution in [0.5, 0.6) is 11.5 Å². The molecular weight excluding hydrogens is 204 g/mol. The average molecular weight is 212 g/mol. The summed E-state index contributed by atoms with van der Waals surface area (Å²) >= 11 is 0. The Morgan fingerprint density at radius 1 is 0.750 bits per heavy atom. The van der Waals surface area contributed by atoms with Gasteiger partial charge in [-0.15, -0.1) is 0 Å². The molecular formula is C13H8O3. The van der Waals surface area contributed by atoms with E-state index in [1.165, 1.54) is 12.1 Å². The monoisotopic (exact) mass is 212 g/mol. The van der Waals surface area contributed by atoms with E-state index in [1.54, 1.807) is 12.1 Å². The molecule has 2 aromatic rings. The highest BCUT2D eigenvalue weighted by atomic mass is 16.3. The van der Waals surface area contributed by atoms with Crippen LogP contribution < -0.4 is 0 Å². The highest BCUT2D eigenvalue weighted by molar-refractivity contribution is 6.22. The van der Waals surface area contributed by atoms with E-state index in [-0.39, 0.29) is 17.3 Å². The number of carbonyl (C=O) groups excluding carboxylic acids is 1. The number of aromatic hydroxyl groups is 2. The van der Waals surface area contributed by atoms with Gasteiger partial charge in [-0.3, -0.25) is 4.79 Å². The second-order valence-corrected chi connectivity index (χ2v) is 3.76. The van der Waals surface area contributed by atoms with Gasteiger partial charge in [0, 0.05) is 11.1 Å². The van der Waals surface area contributed by atoms with Gasteiger partial charge in [-0.2, -0.15) is 0 Å². The smallest absolute Gasteiger partial charge is 0.194 e. The summed E-state index contributed by atoms with van der Waals surface area (Å²) in [6, 6.07) is 9.94. The Morgan fingerprint density at radius 3 is 2.00 bits per heavy atom. The van der Waals surface area contributed by atoms with E-state index in [1.807, 2.05) is 12.1 Å². The van der Waals surface area contributed by atoms with Crippen LogP contribution in [0.25, 0.3) is 11.1 Å². The maximum Gasteiger partial charge on any atom is 0.194 e. The van der Waals surface area contributed by atoms with Gasteiger partial charge in [-0.25, -0.2) is 0 Å². The van der Waals surface area contributed by atoms with Gasteiger partial charge in [-0.05, 0) is 23.3 Å². The third-order valence-corrected chi connectivity index (χ3v) is 2.82. The molecule has 0 spiro atoms. The maximum atomic E-state index is 12.0. The lowest BCUT2D eigenvalue weighted by Crippen LogP contribution is -1.94. The van der Waals surface area contributed by atoms with E-state index < -0.39 is 0 Å². The van der Waals surface area contributed by atoms with Gasteiger partial charge in [0.25, 0.3) is 0 Å². The van der Waals surface area contributed by atoms with Gasteiger partial charge in [0.2, 0.25) is 0 Å². The molecule has 1 aliphatic carbocycles. The van der Waals surface area contributed by atoms with Crippen molar-refractivity contribution >= 4 is 5.78 Å². The summed E-state index contributed by atoms with van der Waals surface area (Å²) in [5.74, 6) is -0.580. The third kappa shape index (κ3) is 0.997. The molecule has 16 heavy (non-hydrogen) atoms. The molecule has 3 heteroatoms. The molecule has 3 rings (SSSR count). The van der Waals surface area contributed by atoms with Crippen molar-refractivity contribution < 1.29 is 15.0 Å². The number of phenols is 2. The minimum Gasteiger partial charge on any atom is -0.504 e. The molecule has 0 atom stereocenters. The summed E-state index contributed by atoms with van der Waals surface area (Å²) in [6.07, 6.45) is 0. The van der Waals surface area contributed by atoms with Crippen LogP contribution in [0.3, 0.4) is 0 Å². The van der Waals surface area contributed by atoms with Crippen molar-refractivity contribution in [1.29, 1.82) is 0 Å². The first-order chi connectivity index (χ1) is 7.68. The van der Waals surface area contributed by atoms with E-state index in [0.29, 0.717) is 16.7 Å². The van der Waals surface area contributed by atoms with Gasteiger partial charge in [0.15, 0.2) is 17.3 Å². The van der Waals surface area contributed by atoms with Gasteiger partial charge < -0.3 is 10.2 Å². The lowest BCUT2D eigenvalue weighted by Gasteiger charge is -2.02. The summed E-state index contributed by atoms with van der Waals surface area (Å²) in [6.45, 7) is 0. The second kappa shape index (κ2) is 2.85. The van der Waals surface area contributed by atoms with Crippen LogP contribution in [0.15, 0.2) is 36.4 Å². The van der Waals surface area contributed by atoms with Crippen LogP contribution >= 0.6 is 0 Å². The first-order valence-electron chi connectivity index (χ1n) is 4.88. The first-order valence-corrected chi connectivity index (χ1v) is 4.88. The molecule has 0 aromatic heterocycles. The fraction of sp³-hybridized carbons (Fsp3) is 0. The number of fused-ring (bicyclic) bond motifs is 3. The molecule has 0 bridgehead atoms. The fourth-order valence-electron chi connectivity index (χ4n) is 2.05. The van der Waals surface area contributed by atoms with Crippen LogP contribution in [0.2, 0.25) is 0 Å². The van der Waals surface area contributed by atoms with Crippen molar-refractivity contribution in [2.24, 2.45) is 0 Å². The summed E-state index contributed by atoms with van der Waals surface area (Å²) < 4.78 is 0. The van der Waals surface area contributed by atoms with Crippen molar-refractivity contribution in [2.45, 2.75) is 0 Å². The SMILES string of the molecule is O=C1c2ccccc2-c2cc(O)c(O)cc21. The standard InChI is InChI=1S/C13H8O3/c14-11-5-9-7-3-1-2-4-8(7)13(16)10(9)6-12(11)15/h1-6,14-15H. The highest BCUT2D eigenvalue weighted by Crippen LogP contribution is 2.41. The fourth-order valence-corrected chi connectivity index (χ4v) is 2.05. The molecule has 2 aromatic carbocycles. The van der Waals surface area contributed by atoms with E-state index >= 15 is 0 Å². The molecule has 78 valence electrons. The van der Waals surface area contributed by atoms with Crippen LogP contribution in [0.4, 0.5) is 0 Å². The maximum absolute atomic E-state index is 12.0. The number of ketones is 1. The average Bonchev–Trinajstić information content (AvgIpc) is 2.55. The zero-order chi connectivity index (χ0) is 11.3. The summed E-state index contributed by atoms with van der Waals surface area (Å²) in [4.78, 5) is 12.0. The topological polar surface area (TPSA) is 57.5 Å². The first kappa shape index (κ1) is 8.97. The highest BCUT2D eigenvalue weighted by Gasteiger charge is 2.27. The van der Waals surface area contributed by atoms with Crippen LogP contribution in [0, 0.1) is 0 Å². The quantitative estimate of drug-likeness (QED) is 0.562. The van der Waals surface area contributed by atoms with Crippen molar-refractivity contribution in [3.05, 3.63) is 47.5 Å². The van der Waals surface area contributed by atoms with Crippen molar-refractivity contribution in [2.75, 3.05) is 0 Å². The van der Waals surface area contributed by atoms with E-state index in [2.05, 4.69) is 0 Å². The molecule has 3 nitrogen and oxygen atoms in total. The molecule has 1 aliphatic rings. The third-order valence-electron chi connectivity index (χ3n) is 2.82. The number of hydrogen-bond donors (Lipinski definition) is 2. The predicted molar refractivity (Wildman–Crippen MR) is 58.6 cm³/mol. The Morgan fingerprint density at radius 2 is 1.31 bits per heavy atom. The van der Waals surface area contributed by atoms with Gasteiger partial charge in [0.1, 0.15) is 0 Å². The lowest BCUT2D eigenvalue weighted by molar-refractivity contribution is 0.104. The Bertz CT molecular complexity index is 615. The van der Waals surface area contributed by atoms with Gasteiger partial charge >= 0.3 is 0 Å². The van der Waals surface area contributed by atoms with E-state index in [4.69, 9.17) is 0 Å². The molecule has 2 N–H and O–H groups in total. The Balaban J connectivity index is 2.38. The Labute approximate surface area is 91.6 Å². The zero-order valence-corrected chi connectivity index (χ0v) is 8.27. The van der Waals surface area contributed by atoms with Crippen molar-refractivity contribution in [3.63, 3.8) is 0 Å². The predicted octanol–water partition coefficient (Wildman–Crippen LogP) is 2.31. The lowest BCUT2D eigenvalue weighted by atomic mass is 10.1. The molecule has 0 saturated heterocycles. The molecule has 0 unspecified atom stereocenters. The Kier molecular flexibility index (Phi) is 1.60. The summed E-state index contributed by atoms with van der Waals surface area (Å²) in [5.41, 5.74) is 2.53. The van der Waals surface area contributed by atoms with Crippen LogP contribution in [-0.2, 0) is 0 Å². The van der Waals surface area contributed by atoms with Crippen molar-refractivity contribution in [3.8, 4) is 22.6 Å². The number of rotatable bonds is 0. The van der Waals surface area contributed by atoms with Crippen LogP contribution in [0.1, 0.15) is 15.9 Å². The van der Waals surface area contributed by atoms with Gasteiger partial charge in [0.05, 0.1) is 0 Å². The minimum atomic E-state index is -0.264. The molecule has 0 saturated carbocycles. The minimum absolute atomic E-state index is 0.110. The van der Waals surface area contributed by atoms with E-state index in [0.717, 1.165) is 5.56 Å². The van der Waals surface area contributed by atoms with E-state index in [9.17, 15) is 15.0 Å². The number of hydrogen-bond acceptors (Lipinski definition) is 3. The summed E-state index contributed by atoms with van der Waals surface area (Å²) in [5, 5.41) is 18.8. The molecule has 0 amide bonds. The largest absolute Gasteiger partial charge is 0.504 e.